The van der Waals surface area contributed by atoms with E-state index in [0.29, 0.717) is 12.2 Å². The molecule has 1 saturated heterocycles. The Hall–Kier alpha value is -2.22. The van der Waals surface area contributed by atoms with Crippen LogP contribution in [-0.4, -0.2) is 59.9 Å². The van der Waals surface area contributed by atoms with Crippen LogP contribution >= 0.6 is 11.3 Å². The summed E-state index contributed by atoms with van der Waals surface area (Å²) in [5.41, 5.74) is 0.557. The molecule has 6 nitrogen and oxygen atoms in total. The third kappa shape index (κ3) is 3.70. The number of piperazine rings is 1. The van der Waals surface area contributed by atoms with E-state index in [4.69, 9.17) is 0 Å². The van der Waals surface area contributed by atoms with Gasteiger partial charge in [0, 0.05) is 37.6 Å². The molecular formula is C21H26N4O2S. The Kier molecular flexibility index (Phi) is 5.23. The fourth-order valence-corrected chi connectivity index (χ4v) is 4.63. The van der Waals surface area contributed by atoms with Crippen molar-refractivity contribution in [1.82, 2.24) is 9.80 Å². The molecule has 0 bridgehead atoms. The normalized spacial score (nSPS) is 19.9. The van der Waals surface area contributed by atoms with Gasteiger partial charge in [0.05, 0.1) is 17.9 Å². The van der Waals surface area contributed by atoms with Crippen molar-refractivity contribution in [2.75, 3.05) is 42.9 Å². The van der Waals surface area contributed by atoms with Crippen molar-refractivity contribution >= 4 is 34.5 Å². The van der Waals surface area contributed by atoms with Gasteiger partial charge < -0.3 is 5.32 Å². The highest BCUT2D eigenvalue weighted by atomic mass is 32.1. The average Bonchev–Trinajstić information content (AvgIpc) is 3.17. The van der Waals surface area contributed by atoms with Crippen LogP contribution in [0.15, 0.2) is 41.8 Å². The minimum Gasteiger partial charge on any atom is -0.322 e. The molecule has 0 radical (unpaired) electrons. The van der Waals surface area contributed by atoms with Gasteiger partial charge in [-0.05, 0) is 37.4 Å². The minimum absolute atomic E-state index is 0.0287. The molecule has 28 heavy (non-hydrogen) atoms. The van der Waals surface area contributed by atoms with Crippen LogP contribution in [0.2, 0.25) is 0 Å². The van der Waals surface area contributed by atoms with E-state index in [2.05, 4.69) is 32.6 Å². The number of nitrogens with one attached hydrogen (secondary N) is 1. The van der Waals surface area contributed by atoms with Crippen molar-refractivity contribution < 1.29 is 9.59 Å². The van der Waals surface area contributed by atoms with E-state index >= 15 is 0 Å². The van der Waals surface area contributed by atoms with Crippen LogP contribution in [0.1, 0.15) is 18.7 Å². The zero-order valence-electron chi connectivity index (χ0n) is 16.4. The summed E-state index contributed by atoms with van der Waals surface area (Å²) in [6, 6.07) is 11.8. The van der Waals surface area contributed by atoms with Crippen molar-refractivity contribution in [3.63, 3.8) is 0 Å². The first-order valence-corrected chi connectivity index (χ1v) is 10.5. The van der Waals surface area contributed by atoms with E-state index in [9.17, 15) is 9.59 Å². The molecule has 2 aliphatic heterocycles. The van der Waals surface area contributed by atoms with Crippen LogP contribution in [0.5, 0.6) is 0 Å². The number of carbonyl (C=O) groups is 2. The lowest BCUT2D eigenvalue weighted by Crippen LogP contribution is -2.61. The van der Waals surface area contributed by atoms with E-state index < -0.39 is 5.54 Å². The summed E-state index contributed by atoms with van der Waals surface area (Å²) in [7, 11) is 0. The molecule has 7 heteroatoms. The molecule has 2 aromatic rings. The predicted octanol–water partition coefficient (Wildman–Crippen LogP) is 2.63. The maximum atomic E-state index is 13.2. The highest BCUT2D eigenvalue weighted by Crippen LogP contribution is 2.36. The number of fused-ring (bicyclic) bond motifs is 1. The van der Waals surface area contributed by atoms with Gasteiger partial charge in [-0.3, -0.25) is 24.3 Å². The van der Waals surface area contributed by atoms with Crippen molar-refractivity contribution in [3.8, 4) is 0 Å². The molecule has 148 valence electrons. The van der Waals surface area contributed by atoms with Gasteiger partial charge in [0.25, 0.3) is 0 Å². The van der Waals surface area contributed by atoms with Crippen LogP contribution in [0.3, 0.4) is 0 Å². The molecule has 1 fully saturated rings. The highest BCUT2D eigenvalue weighted by molar-refractivity contribution is 7.09. The summed E-state index contributed by atoms with van der Waals surface area (Å²) in [6.07, 6.45) is 0. The van der Waals surface area contributed by atoms with Gasteiger partial charge in [0.15, 0.2) is 0 Å². The smallest absolute Gasteiger partial charge is 0.250 e. The molecular weight excluding hydrogens is 372 g/mol. The first-order chi connectivity index (χ1) is 13.4. The second-order valence-electron chi connectivity index (χ2n) is 7.89. The summed E-state index contributed by atoms with van der Waals surface area (Å²) >= 11 is 1.79. The SMILES string of the molecule is CC1(C)C(=O)Nc2ccccc2N1C(=O)CN1CCN(Cc2cccs2)CC1. The Morgan fingerprint density at radius 1 is 1.07 bits per heavy atom. The molecule has 4 rings (SSSR count). The third-order valence-electron chi connectivity index (χ3n) is 5.54. The molecule has 1 N–H and O–H groups in total. The van der Waals surface area contributed by atoms with E-state index in [-0.39, 0.29) is 11.8 Å². The monoisotopic (exact) mass is 398 g/mol. The summed E-state index contributed by atoms with van der Waals surface area (Å²) in [6.45, 7) is 8.53. The number of nitrogens with zero attached hydrogens (tertiary/aromatic N) is 3. The number of hydrogen-bond donors (Lipinski definition) is 1. The summed E-state index contributed by atoms with van der Waals surface area (Å²) < 4.78 is 0. The van der Waals surface area contributed by atoms with Gasteiger partial charge in [-0.2, -0.15) is 0 Å². The fraction of sp³-hybridized carbons (Fsp3) is 0.429. The lowest BCUT2D eigenvalue weighted by Gasteiger charge is -2.43. The molecule has 2 aliphatic rings. The molecule has 3 heterocycles. The molecule has 0 spiro atoms. The molecule has 0 atom stereocenters. The Morgan fingerprint density at radius 2 is 1.79 bits per heavy atom. The number of amides is 2. The maximum Gasteiger partial charge on any atom is 0.250 e. The minimum atomic E-state index is -0.910. The van der Waals surface area contributed by atoms with Crippen molar-refractivity contribution in [1.29, 1.82) is 0 Å². The number of thiophene rings is 1. The number of rotatable bonds is 4. The lowest BCUT2D eigenvalue weighted by atomic mass is 9.96. The van der Waals surface area contributed by atoms with E-state index in [1.54, 1.807) is 30.1 Å². The number of anilines is 2. The molecule has 1 aromatic carbocycles. The van der Waals surface area contributed by atoms with Crippen LogP contribution in [0, 0.1) is 0 Å². The van der Waals surface area contributed by atoms with Crippen LogP contribution in [0.4, 0.5) is 11.4 Å². The van der Waals surface area contributed by atoms with E-state index in [1.807, 2.05) is 24.3 Å². The topological polar surface area (TPSA) is 55.9 Å². The van der Waals surface area contributed by atoms with Crippen molar-refractivity contribution in [2.45, 2.75) is 25.9 Å². The van der Waals surface area contributed by atoms with Crippen LogP contribution in [-0.2, 0) is 16.1 Å². The number of benzene rings is 1. The van der Waals surface area contributed by atoms with Crippen molar-refractivity contribution in [3.05, 3.63) is 46.7 Å². The molecule has 0 aliphatic carbocycles. The second kappa shape index (κ2) is 7.66. The Balaban J connectivity index is 1.41. The van der Waals surface area contributed by atoms with E-state index in [0.717, 1.165) is 38.4 Å². The van der Waals surface area contributed by atoms with Gasteiger partial charge in [0.2, 0.25) is 11.8 Å². The molecule has 1 aromatic heterocycles. The number of carbonyl (C=O) groups excluding carboxylic acids is 2. The fourth-order valence-electron chi connectivity index (χ4n) is 3.89. The first kappa shape index (κ1) is 19.1. The quantitative estimate of drug-likeness (QED) is 0.860. The standard InChI is InChI=1S/C21H26N4O2S/c1-21(2)20(27)22-17-7-3-4-8-18(17)25(21)19(26)15-24-11-9-23(10-12-24)14-16-6-5-13-28-16/h3-8,13H,9-12,14-15H2,1-2H3,(H,22,27). The van der Waals surface area contributed by atoms with Gasteiger partial charge in [-0.25, -0.2) is 0 Å². The molecule has 2 amide bonds. The lowest BCUT2D eigenvalue weighted by molar-refractivity contribution is -0.127. The summed E-state index contributed by atoms with van der Waals surface area (Å²) in [4.78, 5) is 33.4. The van der Waals surface area contributed by atoms with Crippen LogP contribution in [0.25, 0.3) is 0 Å². The van der Waals surface area contributed by atoms with Gasteiger partial charge in [-0.1, -0.05) is 18.2 Å². The van der Waals surface area contributed by atoms with E-state index in [1.165, 1.54) is 4.88 Å². The number of para-hydroxylation sites is 2. The zero-order valence-corrected chi connectivity index (χ0v) is 17.2. The zero-order chi connectivity index (χ0) is 19.7. The van der Waals surface area contributed by atoms with Gasteiger partial charge in [0.1, 0.15) is 5.54 Å². The molecule has 0 unspecified atom stereocenters. The summed E-state index contributed by atoms with van der Waals surface area (Å²) in [5, 5.41) is 5.02. The Labute approximate surface area is 169 Å². The first-order valence-electron chi connectivity index (χ1n) is 9.66. The Morgan fingerprint density at radius 3 is 2.50 bits per heavy atom. The largest absolute Gasteiger partial charge is 0.322 e. The van der Waals surface area contributed by atoms with Gasteiger partial charge >= 0.3 is 0 Å². The third-order valence-corrected chi connectivity index (χ3v) is 6.40. The number of hydrogen-bond acceptors (Lipinski definition) is 5. The highest BCUT2D eigenvalue weighted by Gasteiger charge is 2.43. The van der Waals surface area contributed by atoms with Crippen LogP contribution < -0.4 is 10.2 Å². The maximum absolute atomic E-state index is 13.2. The molecule has 0 saturated carbocycles. The summed E-state index contributed by atoms with van der Waals surface area (Å²) in [5.74, 6) is -0.181. The predicted molar refractivity (Wildman–Crippen MR) is 113 cm³/mol. The second-order valence-corrected chi connectivity index (χ2v) is 8.92. The van der Waals surface area contributed by atoms with Gasteiger partial charge in [-0.15, -0.1) is 11.3 Å². The average molecular weight is 399 g/mol. The van der Waals surface area contributed by atoms with Crippen molar-refractivity contribution in [2.24, 2.45) is 0 Å². The Bertz CT molecular complexity index is 857.